The fraction of sp³-hybridized carbons (Fsp3) is 0.200. The number of aliphatic imine (C=N–C) groups is 2. The Labute approximate surface area is 81.4 Å². The van der Waals surface area contributed by atoms with Crippen LogP contribution in [0.3, 0.4) is 0 Å². The predicted octanol–water partition coefficient (Wildman–Crippen LogP) is 1.48. The first-order valence-corrected chi connectivity index (χ1v) is 4.58. The van der Waals surface area contributed by atoms with E-state index in [0.717, 1.165) is 12.1 Å². The van der Waals surface area contributed by atoms with Crippen molar-refractivity contribution >= 4 is 12.2 Å². The molecule has 0 bridgehead atoms. The van der Waals surface area contributed by atoms with Gasteiger partial charge in [-0.05, 0) is 6.08 Å². The van der Waals surface area contributed by atoms with E-state index in [1.807, 2.05) is 18.2 Å². The van der Waals surface area contributed by atoms with Gasteiger partial charge in [0, 0.05) is 18.7 Å². The molecule has 0 saturated carbocycles. The monoisotopic (exact) mass is 187 g/mol. The van der Waals surface area contributed by atoms with Gasteiger partial charge in [-0.2, -0.15) is 9.98 Å². The minimum Gasteiger partial charge on any atom is -0.619 e. The van der Waals surface area contributed by atoms with E-state index in [1.165, 1.54) is 0 Å². The Hall–Kier alpha value is -1.52. The Bertz CT molecular complexity index is 431. The number of nitrogens with zero attached hydrogens (tertiary/aromatic N) is 3. The lowest BCUT2D eigenvalue weighted by Gasteiger charge is -2.39. The van der Waals surface area contributed by atoms with Gasteiger partial charge in [0.25, 0.3) is 0 Å². The van der Waals surface area contributed by atoms with Gasteiger partial charge in [-0.1, -0.05) is 12.2 Å². The van der Waals surface area contributed by atoms with Crippen molar-refractivity contribution in [2.75, 3.05) is 0 Å². The molecule has 0 saturated heterocycles. The first kappa shape index (κ1) is 7.84. The molecule has 2 unspecified atom stereocenters. The van der Waals surface area contributed by atoms with Crippen LogP contribution in [0.15, 0.2) is 46.2 Å². The highest BCUT2D eigenvalue weighted by Gasteiger charge is 2.42. The van der Waals surface area contributed by atoms with Crippen molar-refractivity contribution in [2.24, 2.45) is 9.98 Å². The molecule has 4 heteroatoms. The Morgan fingerprint density at radius 3 is 3.29 bits per heavy atom. The van der Waals surface area contributed by atoms with E-state index >= 15 is 0 Å². The molecular formula is C10H9N3O. The van der Waals surface area contributed by atoms with Gasteiger partial charge in [-0.25, -0.2) is 0 Å². The van der Waals surface area contributed by atoms with Gasteiger partial charge in [0.15, 0.2) is 0 Å². The summed E-state index contributed by atoms with van der Waals surface area (Å²) in [6.45, 7) is 0. The molecular weight excluding hydrogens is 178 g/mol. The zero-order valence-electron chi connectivity index (χ0n) is 7.50. The van der Waals surface area contributed by atoms with E-state index in [0.29, 0.717) is 5.96 Å². The molecule has 0 N–H and O–H groups in total. The maximum absolute atomic E-state index is 12.4. The van der Waals surface area contributed by atoms with E-state index < -0.39 is 4.65 Å². The van der Waals surface area contributed by atoms with E-state index in [-0.39, 0.29) is 6.04 Å². The van der Waals surface area contributed by atoms with Gasteiger partial charge in [0.05, 0.1) is 0 Å². The number of rotatable bonds is 0. The molecule has 2 atom stereocenters. The van der Waals surface area contributed by atoms with Crippen molar-refractivity contribution in [1.82, 2.24) is 0 Å². The average Bonchev–Trinajstić information content (AvgIpc) is 2.51. The van der Waals surface area contributed by atoms with E-state index in [1.54, 1.807) is 18.5 Å². The Morgan fingerprint density at radius 1 is 1.43 bits per heavy atom. The zero-order chi connectivity index (χ0) is 9.60. The third-order valence-electron chi connectivity index (χ3n) is 2.69. The first-order chi connectivity index (χ1) is 6.81. The van der Waals surface area contributed by atoms with E-state index in [9.17, 15) is 5.21 Å². The number of hydroxylamine groups is 3. The molecule has 1 aliphatic carbocycles. The van der Waals surface area contributed by atoms with Crippen molar-refractivity contribution in [3.05, 3.63) is 41.4 Å². The summed E-state index contributed by atoms with van der Waals surface area (Å²) in [7, 11) is 0. The van der Waals surface area contributed by atoms with Crippen LogP contribution in [0, 0.1) is 5.21 Å². The molecule has 3 rings (SSSR count). The summed E-state index contributed by atoms with van der Waals surface area (Å²) >= 11 is 0. The number of guanidine groups is 1. The van der Waals surface area contributed by atoms with Crippen LogP contribution in [0.5, 0.6) is 0 Å². The van der Waals surface area contributed by atoms with Gasteiger partial charge >= 0.3 is 5.96 Å². The second-order valence-electron chi connectivity index (χ2n) is 3.51. The summed E-state index contributed by atoms with van der Waals surface area (Å²) in [5, 5.41) is 12.4. The molecule has 14 heavy (non-hydrogen) atoms. The molecule has 0 radical (unpaired) electrons. The number of hydrogen-bond donors (Lipinski definition) is 0. The summed E-state index contributed by atoms with van der Waals surface area (Å²) in [5.74, 6) is 0.354. The topological polar surface area (TPSA) is 47.8 Å². The van der Waals surface area contributed by atoms with Crippen molar-refractivity contribution in [2.45, 2.75) is 12.5 Å². The SMILES string of the molecule is [O-][N+]12C=CC=NC1=NC1=CC=CCC12. The smallest absolute Gasteiger partial charge is 0.334 e. The summed E-state index contributed by atoms with van der Waals surface area (Å²) in [4.78, 5) is 8.26. The fourth-order valence-corrected chi connectivity index (χ4v) is 1.97. The zero-order valence-corrected chi connectivity index (χ0v) is 7.50. The maximum atomic E-state index is 12.4. The Morgan fingerprint density at radius 2 is 2.36 bits per heavy atom. The molecule has 0 amide bonds. The molecule has 0 spiro atoms. The third kappa shape index (κ3) is 0.840. The number of quaternary nitrogens is 1. The molecule has 70 valence electrons. The van der Waals surface area contributed by atoms with Crippen LogP contribution in [0.25, 0.3) is 0 Å². The fourth-order valence-electron chi connectivity index (χ4n) is 1.97. The molecule has 2 aliphatic heterocycles. The lowest BCUT2D eigenvalue weighted by atomic mass is 10.1. The molecule has 0 fully saturated rings. The Kier molecular flexibility index (Phi) is 1.40. The minimum atomic E-state index is -0.521. The Balaban J connectivity index is 2.15. The molecule has 0 aromatic heterocycles. The lowest BCUT2D eigenvalue weighted by molar-refractivity contribution is -0.752. The molecule has 0 aromatic carbocycles. The molecule has 3 aliphatic rings. The predicted molar refractivity (Wildman–Crippen MR) is 54.3 cm³/mol. The average molecular weight is 187 g/mol. The third-order valence-corrected chi connectivity index (χ3v) is 2.69. The molecule has 4 nitrogen and oxygen atoms in total. The van der Waals surface area contributed by atoms with E-state index in [4.69, 9.17) is 0 Å². The van der Waals surface area contributed by atoms with Crippen molar-refractivity contribution in [3.8, 4) is 0 Å². The normalized spacial score (nSPS) is 37.6. The maximum Gasteiger partial charge on any atom is 0.334 e. The van der Waals surface area contributed by atoms with Gasteiger partial charge in [0.2, 0.25) is 0 Å². The number of fused-ring (bicyclic) bond motifs is 3. The molecule has 2 heterocycles. The summed E-state index contributed by atoms with van der Waals surface area (Å²) in [6.07, 6.45) is 11.5. The molecule has 0 aromatic rings. The van der Waals surface area contributed by atoms with Crippen molar-refractivity contribution in [1.29, 1.82) is 0 Å². The van der Waals surface area contributed by atoms with Crippen LogP contribution < -0.4 is 0 Å². The number of allylic oxidation sites excluding steroid dienone is 3. The first-order valence-electron chi connectivity index (χ1n) is 4.58. The van der Waals surface area contributed by atoms with Crippen molar-refractivity contribution < 1.29 is 4.65 Å². The second kappa shape index (κ2) is 2.50. The van der Waals surface area contributed by atoms with Crippen LogP contribution in [0.1, 0.15) is 6.42 Å². The van der Waals surface area contributed by atoms with E-state index in [2.05, 4.69) is 9.98 Å². The van der Waals surface area contributed by atoms with Crippen LogP contribution in [-0.4, -0.2) is 22.9 Å². The quantitative estimate of drug-likeness (QED) is 0.418. The summed E-state index contributed by atoms with van der Waals surface area (Å²) in [5.41, 5.74) is 0.848. The largest absolute Gasteiger partial charge is 0.619 e. The minimum absolute atomic E-state index is 0.122. The highest BCUT2D eigenvalue weighted by atomic mass is 16.6. The van der Waals surface area contributed by atoms with Crippen LogP contribution in [-0.2, 0) is 0 Å². The lowest BCUT2D eigenvalue weighted by Crippen LogP contribution is -2.47. The highest BCUT2D eigenvalue weighted by Crippen LogP contribution is 2.35. The van der Waals surface area contributed by atoms with Crippen LogP contribution in [0.4, 0.5) is 0 Å². The van der Waals surface area contributed by atoms with Crippen LogP contribution >= 0.6 is 0 Å². The summed E-state index contributed by atoms with van der Waals surface area (Å²) < 4.78 is -0.521. The highest BCUT2D eigenvalue weighted by molar-refractivity contribution is 5.91. The second-order valence-corrected chi connectivity index (χ2v) is 3.51. The standard InChI is InChI=1S/C10H9N3O/c14-13-7-3-6-11-10(13)12-8-4-1-2-5-9(8)13/h1-4,6-7,9H,5H2. The van der Waals surface area contributed by atoms with Crippen molar-refractivity contribution in [3.63, 3.8) is 0 Å². The van der Waals surface area contributed by atoms with Gasteiger partial charge in [-0.15, -0.1) is 0 Å². The number of hydrogen-bond acceptors (Lipinski definition) is 3. The summed E-state index contributed by atoms with van der Waals surface area (Å²) in [6, 6.07) is -0.122. The van der Waals surface area contributed by atoms with Gasteiger partial charge < -0.3 is 5.21 Å². The van der Waals surface area contributed by atoms with Crippen LogP contribution in [0.2, 0.25) is 0 Å². The van der Waals surface area contributed by atoms with Gasteiger partial charge in [0.1, 0.15) is 17.9 Å². The van der Waals surface area contributed by atoms with Gasteiger partial charge in [-0.3, -0.25) is 4.65 Å².